The highest BCUT2D eigenvalue weighted by molar-refractivity contribution is 5.98. The molecule has 0 spiro atoms. The molecule has 3 aliphatic carbocycles. The molecule has 2 saturated carbocycles. The van der Waals surface area contributed by atoms with Crippen molar-refractivity contribution >= 4 is 41.5 Å². The van der Waals surface area contributed by atoms with E-state index in [4.69, 9.17) is 23.7 Å². The van der Waals surface area contributed by atoms with E-state index in [0.717, 1.165) is 6.92 Å². The van der Waals surface area contributed by atoms with Crippen molar-refractivity contribution in [3.05, 3.63) is 191 Å². The zero-order valence-corrected chi connectivity index (χ0v) is 44.0. The molecule has 1 unspecified atom stereocenters. The number of aliphatic hydroxyl groups is 4. The average molecular weight is 1080 g/mol. The number of amides is 2. The number of nitrogens with one attached hydrogen (secondary N) is 2. The molecule has 2 bridgehead atoms. The summed E-state index contributed by atoms with van der Waals surface area (Å²) in [7, 11) is 0. The first-order chi connectivity index (χ1) is 37.6. The lowest BCUT2D eigenvalue weighted by Crippen LogP contribution is -2.82. The molecule has 5 aromatic rings. The maximum absolute atomic E-state index is 16.4. The normalized spacial score (nSPS) is 28.2. The lowest BCUT2D eigenvalue weighted by Gasteiger charge is -2.67. The Labute approximate surface area is 455 Å². The minimum atomic E-state index is -2.58. The average Bonchev–Trinajstić information content (AvgIpc) is 2.82. The molecule has 0 radical (unpaired) electrons. The Bertz CT molecular complexity index is 3140. The van der Waals surface area contributed by atoms with E-state index in [0.29, 0.717) is 5.56 Å². The number of ketones is 1. The van der Waals surface area contributed by atoms with Gasteiger partial charge < -0.3 is 54.7 Å². The molecule has 2 amide bonds. The monoisotopic (exact) mass is 1080 g/mol. The molecule has 18 nitrogen and oxygen atoms in total. The maximum Gasteiger partial charge on any atom is 0.338 e. The fourth-order valence-electron chi connectivity index (χ4n) is 12.2. The van der Waals surface area contributed by atoms with Gasteiger partial charge in [-0.25, -0.2) is 14.4 Å². The molecule has 1 saturated heterocycles. The first kappa shape index (κ1) is 55.9. The van der Waals surface area contributed by atoms with Crippen LogP contribution < -0.4 is 10.6 Å². The summed E-state index contributed by atoms with van der Waals surface area (Å²) in [5, 5.41) is 56.3. The second-order valence-electron chi connectivity index (χ2n) is 21.4. The molecule has 9 rings (SSSR count). The molecule has 1 aliphatic heterocycles. The molecule has 1 heterocycles. The Morgan fingerprint density at radius 3 is 1.53 bits per heavy atom. The van der Waals surface area contributed by atoms with Gasteiger partial charge in [-0.05, 0) is 72.5 Å². The van der Waals surface area contributed by atoms with Crippen molar-refractivity contribution < 1.29 is 77.7 Å². The highest BCUT2D eigenvalue weighted by Crippen LogP contribution is 2.64. The van der Waals surface area contributed by atoms with Crippen molar-refractivity contribution in [2.24, 2.45) is 16.7 Å². The van der Waals surface area contributed by atoms with E-state index in [9.17, 15) is 44.4 Å². The maximum atomic E-state index is 16.4. The third kappa shape index (κ3) is 10.1. The molecule has 6 N–H and O–H groups in total. The third-order valence-corrected chi connectivity index (χ3v) is 16.5. The smallest absolute Gasteiger partial charge is 0.338 e. The van der Waals surface area contributed by atoms with Crippen LogP contribution in [0.25, 0.3) is 0 Å². The van der Waals surface area contributed by atoms with Gasteiger partial charge in [0.25, 0.3) is 11.8 Å². The Morgan fingerprint density at radius 1 is 0.646 bits per heavy atom. The molecule has 412 valence electrons. The van der Waals surface area contributed by atoms with E-state index in [1.807, 2.05) is 0 Å². The summed E-state index contributed by atoms with van der Waals surface area (Å²) in [5.41, 5.74) is -7.93. The number of hydrogen-bond donors (Lipinski definition) is 6. The minimum Gasteiger partial charge on any atom is -0.456 e. The van der Waals surface area contributed by atoms with Gasteiger partial charge in [-0.3, -0.25) is 19.2 Å². The predicted molar refractivity (Wildman–Crippen MR) is 281 cm³/mol. The molecule has 79 heavy (non-hydrogen) atoms. The molecule has 5 aromatic carbocycles. The third-order valence-electron chi connectivity index (χ3n) is 16.5. The first-order valence-electron chi connectivity index (χ1n) is 26.0. The Kier molecular flexibility index (Phi) is 15.6. The van der Waals surface area contributed by atoms with Gasteiger partial charge in [-0.1, -0.05) is 129 Å². The number of carbonyl (C=O) groups excluding carboxylic acids is 7. The van der Waals surface area contributed by atoms with Gasteiger partial charge in [0.15, 0.2) is 29.7 Å². The molecular weight excluding hydrogens is 1020 g/mol. The molecular formula is C61H62N2O16. The predicted octanol–water partition coefficient (Wildman–Crippen LogP) is 5.25. The van der Waals surface area contributed by atoms with Crippen LogP contribution >= 0.6 is 0 Å². The summed E-state index contributed by atoms with van der Waals surface area (Å²) < 4.78 is 31.2. The lowest BCUT2D eigenvalue weighted by molar-refractivity contribution is -0.346. The van der Waals surface area contributed by atoms with Crippen LogP contribution in [0, 0.1) is 16.7 Å². The van der Waals surface area contributed by atoms with Crippen molar-refractivity contribution in [1.29, 1.82) is 0 Å². The Hall–Kier alpha value is -7.87. The topological polar surface area (TPSA) is 271 Å². The highest BCUT2D eigenvalue weighted by atomic mass is 16.6. The van der Waals surface area contributed by atoms with Crippen LogP contribution in [0.4, 0.5) is 0 Å². The van der Waals surface area contributed by atoms with E-state index in [1.165, 1.54) is 52.0 Å². The van der Waals surface area contributed by atoms with Crippen LogP contribution in [0.15, 0.2) is 163 Å². The zero-order valence-electron chi connectivity index (χ0n) is 44.0. The molecule has 3 fully saturated rings. The first-order valence-corrected chi connectivity index (χ1v) is 26.0. The van der Waals surface area contributed by atoms with Crippen molar-refractivity contribution in [2.45, 2.75) is 113 Å². The number of Topliss-reactive ketones (excluding diaryl/α,β-unsaturated/α-hetero) is 1. The molecule has 4 aliphatic rings. The van der Waals surface area contributed by atoms with Gasteiger partial charge in [0.1, 0.15) is 23.9 Å². The zero-order chi connectivity index (χ0) is 56.6. The summed E-state index contributed by atoms with van der Waals surface area (Å²) in [6.07, 6.45) is -14.1. The second-order valence-corrected chi connectivity index (χ2v) is 21.4. The number of carbonyl (C=O) groups is 7. The number of aliphatic hydroxyl groups excluding tert-OH is 3. The summed E-state index contributed by atoms with van der Waals surface area (Å²) in [6.45, 7) is 6.44. The van der Waals surface area contributed by atoms with Gasteiger partial charge in [-0.2, -0.15) is 0 Å². The van der Waals surface area contributed by atoms with Gasteiger partial charge >= 0.3 is 23.9 Å². The standard InChI is InChI=1S/C61H62N2O16/c1-34-41(76-56(72)47(66)45(36-21-11-6-12-22-36)62-53(69)38-25-15-8-16-26-38)32-61(74)52(78-55(71)40-29-19-10-20-30-40)50-59(5,42(65)31-43-60(50,33-75-43)79-35(2)64)51(68)49(44(34)58(61,3)4)77-57(73)48(67)46(37-23-13-7-14-24-37)63-54(70)39-27-17-9-18-28-39/h6-30,41-43,45-50,52,65-67,74H,31-33H2,1-5H3,(H,62,69)(H,63,70)/t41-,42-,43+,45-,46-,47+,48+,49+,50?,52-,59+,60-,61+/m0/s1. The molecule has 18 heteroatoms. The molecule has 0 aromatic heterocycles. The Balaban J connectivity index is 1.20. The van der Waals surface area contributed by atoms with Crippen molar-refractivity contribution in [1.82, 2.24) is 10.6 Å². The van der Waals surface area contributed by atoms with Crippen LogP contribution in [-0.2, 0) is 42.9 Å². The van der Waals surface area contributed by atoms with Crippen LogP contribution in [0.3, 0.4) is 0 Å². The van der Waals surface area contributed by atoms with Crippen molar-refractivity contribution in [3.63, 3.8) is 0 Å². The van der Waals surface area contributed by atoms with E-state index in [-0.39, 0.29) is 39.8 Å². The number of fused-ring (bicyclic) bond motifs is 5. The van der Waals surface area contributed by atoms with Crippen molar-refractivity contribution in [2.75, 3.05) is 6.61 Å². The number of rotatable bonds is 15. The van der Waals surface area contributed by atoms with E-state index >= 15 is 9.59 Å². The second kappa shape index (κ2) is 22.1. The highest BCUT2D eigenvalue weighted by Gasteiger charge is 2.78. The number of hydrogen-bond acceptors (Lipinski definition) is 16. The van der Waals surface area contributed by atoms with Gasteiger partial charge in [0.05, 0.1) is 41.7 Å². The largest absolute Gasteiger partial charge is 0.456 e. The van der Waals surface area contributed by atoms with Crippen LogP contribution in [0.2, 0.25) is 0 Å². The summed E-state index contributed by atoms with van der Waals surface area (Å²) >= 11 is 0. The fourth-order valence-corrected chi connectivity index (χ4v) is 12.2. The van der Waals surface area contributed by atoms with Crippen LogP contribution in [-0.4, -0.2) is 122 Å². The summed E-state index contributed by atoms with van der Waals surface area (Å²) in [4.78, 5) is 102. The van der Waals surface area contributed by atoms with Crippen LogP contribution in [0.1, 0.15) is 102 Å². The van der Waals surface area contributed by atoms with Gasteiger partial charge in [-0.15, -0.1) is 0 Å². The number of benzene rings is 5. The fraction of sp³-hybridized carbons (Fsp3) is 0.361. The van der Waals surface area contributed by atoms with E-state index < -0.39 is 137 Å². The van der Waals surface area contributed by atoms with Gasteiger partial charge in [0, 0.05) is 36.3 Å². The summed E-state index contributed by atoms with van der Waals surface area (Å²) in [6, 6.07) is 37.0. The minimum absolute atomic E-state index is 0.00442. The van der Waals surface area contributed by atoms with Crippen LogP contribution in [0.5, 0.6) is 0 Å². The van der Waals surface area contributed by atoms with Crippen molar-refractivity contribution in [3.8, 4) is 0 Å². The number of esters is 4. The summed E-state index contributed by atoms with van der Waals surface area (Å²) in [5.74, 6) is -8.75. The number of ether oxygens (including phenoxy) is 5. The quantitative estimate of drug-likeness (QED) is 0.0444. The van der Waals surface area contributed by atoms with Gasteiger partial charge in [0.2, 0.25) is 0 Å². The lowest BCUT2D eigenvalue weighted by atomic mass is 9.44. The Morgan fingerprint density at radius 2 is 1.09 bits per heavy atom. The SMILES string of the molecule is CC(=O)O[C@@]12CO[C@@H]1C[C@H](O)[C@@]1(C)C(=O)[C@H](OC(=O)[C@H](O)[C@@H](NC(=O)c3ccccc3)c3ccccc3)C3=C(C)[C@@H](OC(=O)[C@H](O)[C@@H](NC(=O)c4ccccc4)c4ccccc4)C[C@@](O)([C@@H](OC(=O)c4ccccc4)C12)C3(C)C. The van der Waals surface area contributed by atoms with E-state index in [2.05, 4.69) is 10.6 Å². The molecule has 13 atom stereocenters. The van der Waals surface area contributed by atoms with E-state index in [1.54, 1.807) is 127 Å².